The van der Waals surface area contributed by atoms with E-state index in [0.29, 0.717) is 29.6 Å². The van der Waals surface area contributed by atoms with Gasteiger partial charge in [-0.3, -0.25) is 0 Å². The Morgan fingerprint density at radius 1 is 0.909 bits per heavy atom. The molecular formula is C25H21F2N5O. The predicted octanol–water partition coefficient (Wildman–Crippen LogP) is 5.72. The van der Waals surface area contributed by atoms with Crippen LogP contribution >= 0.6 is 0 Å². The highest BCUT2D eigenvalue weighted by atomic mass is 19.2. The third kappa shape index (κ3) is 4.11. The lowest BCUT2D eigenvalue weighted by molar-refractivity contribution is 0.420. The van der Waals surface area contributed by atoms with Gasteiger partial charge in [0.25, 0.3) is 5.89 Å². The van der Waals surface area contributed by atoms with Crippen molar-refractivity contribution in [1.82, 2.24) is 24.7 Å². The summed E-state index contributed by atoms with van der Waals surface area (Å²) in [5.41, 5.74) is 3.31. The van der Waals surface area contributed by atoms with Crippen molar-refractivity contribution in [2.45, 2.75) is 32.7 Å². The molecule has 0 atom stereocenters. The van der Waals surface area contributed by atoms with Crippen LogP contribution in [0.3, 0.4) is 0 Å². The van der Waals surface area contributed by atoms with Gasteiger partial charge in [0.15, 0.2) is 23.3 Å². The van der Waals surface area contributed by atoms with Gasteiger partial charge >= 0.3 is 0 Å². The molecule has 166 valence electrons. The van der Waals surface area contributed by atoms with Gasteiger partial charge in [0.1, 0.15) is 5.69 Å². The summed E-state index contributed by atoms with van der Waals surface area (Å²) >= 11 is 0. The molecule has 0 saturated heterocycles. The third-order valence-electron chi connectivity index (χ3n) is 5.41. The molecule has 5 rings (SSSR count). The fourth-order valence-electron chi connectivity index (χ4n) is 3.56. The monoisotopic (exact) mass is 445 g/mol. The fraction of sp³-hybridized carbons (Fsp3) is 0.200. The van der Waals surface area contributed by atoms with Crippen LogP contribution in [0.15, 0.2) is 65.4 Å². The van der Waals surface area contributed by atoms with Crippen molar-refractivity contribution in [1.29, 1.82) is 0 Å². The van der Waals surface area contributed by atoms with Crippen LogP contribution in [0.1, 0.15) is 32.2 Å². The van der Waals surface area contributed by atoms with Crippen LogP contribution in [-0.2, 0) is 12.0 Å². The van der Waals surface area contributed by atoms with E-state index in [2.05, 4.69) is 53.0 Å². The number of imidazole rings is 1. The summed E-state index contributed by atoms with van der Waals surface area (Å²) in [6.07, 6.45) is 3.56. The second-order valence-corrected chi connectivity index (χ2v) is 8.88. The van der Waals surface area contributed by atoms with Crippen LogP contribution in [0.5, 0.6) is 0 Å². The molecule has 0 bridgehead atoms. The van der Waals surface area contributed by atoms with Gasteiger partial charge in [0.05, 0.1) is 17.8 Å². The van der Waals surface area contributed by atoms with Crippen molar-refractivity contribution >= 4 is 0 Å². The number of nitrogens with zero attached hydrogens (tertiary/aromatic N) is 5. The maximum absolute atomic E-state index is 14.1. The second-order valence-electron chi connectivity index (χ2n) is 8.88. The van der Waals surface area contributed by atoms with E-state index in [9.17, 15) is 8.78 Å². The summed E-state index contributed by atoms with van der Waals surface area (Å²) in [6, 6.07) is 13.8. The molecular weight excluding hydrogens is 424 g/mol. The Morgan fingerprint density at radius 2 is 1.67 bits per heavy atom. The summed E-state index contributed by atoms with van der Waals surface area (Å²) in [4.78, 5) is 13.2. The fourth-order valence-corrected chi connectivity index (χ4v) is 3.56. The van der Waals surface area contributed by atoms with Crippen LogP contribution < -0.4 is 0 Å². The van der Waals surface area contributed by atoms with Gasteiger partial charge in [-0.1, -0.05) is 44.1 Å². The molecule has 0 unspecified atom stereocenters. The Balaban J connectivity index is 1.37. The van der Waals surface area contributed by atoms with Gasteiger partial charge in [-0.15, -0.1) is 0 Å². The van der Waals surface area contributed by atoms with Crippen LogP contribution in [0.25, 0.3) is 34.2 Å². The molecule has 6 nitrogen and oxygen atoms in total. The van der Waals surface area contributed by atoms with E-state index in [1.54, 1.807) is 18.5 Å². The van der Waals surface area contributed by atoms with E-state index in [4.69, 9.17) is 4.52 Å². The summed E-state index contributed by atoms with van der Waals surface area (Å²) in [5.74, 6) is -0.803. The molecule has 2 aromatic carbocycles. The average Bonchev–Trinajstić information content (AvgIpc) is 3.42. The standard InChI is InChI=1S/C25H21F2N5O/c1-25(2,3)16-9-7-15(8-10-16)24-30-21(31-33-24)14-32-12-11-19-20(13-32)29-23(28-19)17-5-4-6-18(26)22(17)27/h4-13H,14H2,1-3H3. The maximum Gasteiger partial charge on any atom is 0.257 e. The third-order valence-corrected chi connectivity index (χ3v) is 5.41. The highest BCUT2D eigenvalue weighted by Gasteiger charge is 2.18. The molecule has 0 spiro atoms. The van der Waals surface area contributed by atoms with Gasteiger partial charge in [-0.25, -0.2) is 18.7 Å². The van der Waals surface area contributed by atoms with Gasteiger partial charge in [-0.05, 0) is 41.3 Å². The molecule has 3 heterocycles. The number of benzene rings is 2. The largest absolute Gasteiger partial charge is 0.344 e. The van der Waals surface area contributed by atoms with Crippen molar-refractivity contribution in [2.75, 3.05) is 0 Å². The van der Waals surface area contributed by atoms with Gasteiger partial charge in [0, 0.05) is 18.0 Å². The summed E-state index contributed by atoms with van der Waals surface area (Å²) in [6.45, 7) is 6.84. The molecule has 2 aliphatic heterocycles. The van der Waals surface area contributed by atoms with Crippen LogP contribution in [0.4, 0.5) is 8.78 Å². The molecule has 0 aliphatic carbocycles. The van der Waals surface area contributed by atoms with Gasteiger partial charge < -0.3 is 9.09 Å². The molecule has 0 fully saturated rings. The minimum atomic E-state index is -0.962. The first-order valence-corrected chi connectivity index (χ1v) is 10.5. The van der Waals surface area contributed by atoms with E-state index in [0.717, 1.165) is 11.6 Å². The van der Waals surface area contributed by atoms with Crippen molar-refractivity contribution < 1.29 is 13.3 Å². The normalized spacial score (nSPS) is 11.9. The lowest BCUT2D eigenvalue weighted by atomic mass is 9.87. The molecule has 0 N–H and O–H groups in total. The number of rotatable bonds is 4. The number of halogens is 2. The van der Waals surface area contributed by atoms with Crippen LogP contribution in [0, 0.1) is 11.6 Å². The Bertz CT molecular complexity index is 1400. The molecule has 0 radical (unpaired) electrons. The maximum atomic E-state index is 14.1. The predicted molar refractivity (Wildman–Crippen MR) is 120 cm³/mol. The topological polar surface area (TPSA) is 69.6 Å². The minimum Gasteiger partial charge on any atom is -0.344 e. The van der Waals surface area contributed by atoms with E-state index in [1.807, 2.05) is 16.7 Å². The molecule has 0 amide bonds. The number of fused-ring (bicyclic) bond motifs is 1. The second kappa shape index (κ2) is 7.88. The van der Waals surface area contributed by atoms with Crippen molar-refractivity contribution in [3.05, 3.63) is 83.9 Å². The molecule has 8 heteroatoms. The van der Waals surface area contributed by atoms with Crippen molar-refractivity contribution in [3.8, 4) is 34.2 Å². The highest BCUT2D eigenvalue weighted by Crippen LogP contribution is 2.28. The zero-order valence-corrected chi connectivity index (χ0v) is 18.4. The SMILES string of the molecule is CC(C)(C)c1ccc(-c2nc(Cn3ccc4nc(-c5cccc(F)c5F)nc-4c3)no2)cc1. The van der Waals surface area contributed by atoms with Crippen molar-refractivity contribution in [3.63, 3.8) is 0 Å². The first kappa shape index (κ1) is 20.9. The Morgan fingerprint density at radius 3 is 2.42 bits per heavy atom. The number of hydrogen-bond acceptors (Lipinski definition) is 5. The zero-order valence-electron chi connectivity index (χ0n) is 18.4. The van der Waals surface area contributed by atoms with E-state index < -0.39 is 11.6 Å². The summed E-state index contributed by atoms with van der Waals surface area (Å²) < 4.78 is 35.0. The molecule has 2 aliphatic rings. The highest BCUT2D eigenvalue weighted by molar-refractivity contribution is 5.66. The summed E-state index contributed by atoms with van der Waals surface area (Å²) in [5, 5.41) is 4.08. The van der Waals surface area contributed by atoms with Crippen LogP contribution in [0.2, 0.25) is 0 Å². The average molecular weight is 445 g/mol. The van der Waals surface area contributed by atoms with Gasteiger partial charge in [-0.2, -0.15) is 4.98 Å². The lowest BCUT2D eigenvalue weighted by Gasteiger charge is -2.18. The summed E-state index contributed by atoms with van der Waals surface area (Å²) in [7, 11) is 0. The van der Waals surface area contributed by atoms with E-state index >= 15 is 0 Å². The Labute approximate surface area is 189 Å². The molecule has 3 aromatic rings. The lowest BCUT2D eigenvalue weighted by Crippen LogP contribution is -2.10. The zero-order chi connectivity index (χ0) is 23.2. The number of hydrogen-bond donors (Lipinski definition) is 0. The molecule has 1 aromatic heterocycles. The van der Waals surface area contributed by atoms with Gasteiger partial charge in [0.2, 0.25) is 0 Å². The molecule has 33 heavy (non-hydrogen) atoms. The quantitative estimate of drug-likeness (QED) is 0.354. The smallest absolute Gasteiger partial charge is 0.257 e. The minimum absolute atomic E-state index is 0.0260. The van der Waals surface area contributed by atoms with E-state index in [1.165, 1.54) is 17.7 Å². The molecule has 0 saturated carbocycles. The Kier molecular flexibility index (Phi) is 5.00. The first-order chi connectivity index (χ1) is 15.8. The van der Waals surface area contributed by atoms with E-state index in [-0.39, 0.29) is 16.8 Å². The van der Waals surface area contributed by atoms with Crippen molar-refractivity contribution in [2.24, 2.45) is 0 Å². The Hall–Kier alpha value is -3.94. The number of pyridine rings is 1. The first-order valence-electron chi connectivity index (χ1n) is 10.5. The van der Waals surface area contributed by atoms with Crippen LogP contribution in [-0.4, -0.2) is 24.7 Å². The number of aromatic nitrogens is 5.